The van der Waals surface area contributed by atoms with Gasteiger partial charge in [0.25, 0.3) is 0 Å². The van der Waals surface area contributed by atoms with Crippen molar-refractivity contribution in [3.63, 3.8) is 0 Å². The van der Waals surface area contributed by atoms with Crippen LogP contribution in [-0.4, -0.2) is 61.4 Å². The Morgan fingerprint density at radius 2 is 2.05 bits per heavy atom. The minimum absolute atomic E-state index is 0.0481. The highest BCUT2D eigenvalue weighted by molar-refractivity contribution is 7.11. The number of methoxy groups -OCH3 is 2. The minimum atomic E-state index is -1.20. The van der Waals surface area contributed by atoms with Gasteiger partial charge in [-0.15, -0.1) is 11.3 Å². The maximum atomic E-state index is 14.5. The maximum absolute atomic E-state index is 14.5. The Morgan fingerprint density at radius 1 is 1.30 bits per heavy atom. The number of amidine groups is 1. The number of benzene rings is 1. The van der Waals surface area contributed by atoms with Crippen molar-refractivity contribution in [3.8, 4) is 0 Å². The third-order valence-corrected chi connectivity index (χ3v) is 7.78. The maximum Gasteiger partial charge on any atom is 0.338 e. The second-order valence-electron chi connectivity index (χ2n) is 8.99. The Morgan fingerprint density at radius 3 is 2.70 bits per heavy atom. The van der Waals surface area contributed by atoms with E-state index in [1.807, 2.05) is 0 Å². The van der Waals surface area contributed by atoms with E-state index in [1.54, 1.807) is 18.7 Å². The summed E-state index contributed by atoms with van der Waals surface area (Å²) in [5.41, 5.74) is 0.995. The molecule has 1 aliphatic carbocycles. The number of rotatable bonds is 9. The average molecular weight is 555 g/mol. The lowest BCUT2D eigenvalue weighted by atomic mass is 9.80. The third-order valence-electron chi connectivity index (χ3n) is 6.61. The topological polar surface area (TPSA) is 105 Å². The minimum Gasteiger partial charge on any atom is -0.466 e. The molecule has 2 atom stereocenters. The lowest BCUT2D eigenvalue weighted by Gasteiger charge is -2.35. The van der Waals surface area contributed by atoms with Crippen LogP contribution in [0.25, 0.3) is 0 Å². The Hall–Kier alpha value is -2.44. The van der Waals surface area contributed by atoms with E-state index in [1.165, 1.54) is 24.5 Å². The van der Waals surface area contributed by atoms with Crippen LogP contribution in [0.5, 0.6) is 0 Å². The molecule has 1 aromatic carbocycles. The summed E-state index contributed by atoms with van der Waals surface area (Å²) in [6.45, 7) is 0.684. The number of thiazole rings is 1. The second-order valence-corrected chi connectivity index (χ2v) is 10.3. The van der Waals surface area contributed by atoms with Crippen LogP contribution in [0.4, 0.5) is 8.78 Å². The van der Waals surface area contributed by atoms with E-state index in [9.17, 15) is 18.7 Å². The predicted molar refractivity (Wildman–Crippen MR) is 137 cm³/mol. The highest BCUT2D eigenvalue weighted by Gasteiger charge is 2.38. The fourth-order valence-corrected chi connectivity index (χ4v) is 5.63. The molecule has 0 spiro atoms. The predicted octanol–water partition coefficient (Wildman–Crippen LogP) is 3.75. The largest absolute Gasteiger partial charge is 0.466 e. The van der Waals surface area contributed by atoms with E-state index in [4.69, 9.17) is 21.1 Å². The van der Waals surface area contributed by atoms with Crippen LogP contribution in [0.15, 0.2) is 40.0 Å². The van der Waals surface area contributed by atoms with Crippen molar-refractivity contribution in [1.29, 1.82) is 0 Å². The summed E-state index contributed by atoms with van der Waals surface area (Å²) in [5.74, 6) is -2.54. The number of nitrogens with one attached hydrogen (secondary N) is 2. The Kier molecular flexibility index (Phi) is 9.25. The molecule has 2 heterocycles. The van der Waals surface area contributed by atoms with Crippen LogP contribution in [-0.2, 0) is 14.3 Å². The molecule has 0 amide bonds. The Labute approximate surface area is 222 Å². The molecule has 2 aliphatic rings. The first-order valence-electron chi connectivity index (χ1n) is 11.9. The summed E-state index contributed by atoms with van der Waals surface area (Å²) in [6.07, 6.45) is 4.15. The van der Waals surface area contributed by atoms with Gasteiger partial charge in [0.1, 0.15) is 6.04 Å². The molecule has 12 heteroatoms. The van der Waals surface area contributed by atoms with E-state index < -0.39 is 34.8 Å². The first-order chi connectivity index (χ1) is 17.8. The molecule has 0 saturated heterocycles. The van der Waals surface area contributed by atoms with Gasteiger partial charge in [-0.2, -0.15) is 0 Å². The van der Waals surface area contributed by atoms with Crippen molar-refractivity contribution in [2.45, 2.75) is 43.9 Å². The van der Waals surface area contributed by atoms with Crippen LogP contribution >= 0.6 is 22.9 Å². The van der Waals surface area contributed by atoms with Crippen LogP contribution in [0.2, 0.25) is 5.02 Å². The van der Waals surface area contributed by atoms with Crippen molar-refractivity contribution >= 4 is 34.7 Å². The average Bonchev–Trinajstić information content (AvgIpc) is 3.45. The quantitative estimate of drug-likeness (QED) is 0.320. The lowest BCUT2D eigenvalue weighted by Crippen LogP contribution is -2.42. The fourth-order valence-electron chi connectivity index (χ4n) is 4.79. The second kappa shape index (κ2) is 12.4. The number of hydrogen-bond acceptors (Lipinski definition) is 9. The van der Waals surface area contributed by atoms with Gasteiger partial charge in [-0.05, 0) is 37.7 Å². The number of esters is 1. The Bertz CT molecular complexity index is 1170. The van der Waals surface area contributed by atoms with Crippen molar-refractivity contribution in [2.75, 3.05) is 27.4 Å². The molecule has 1 fully saturated rings. The molecule has 8 nitrogen and oxygen atoms in total. The van der Waals surface area contributed by atoms with Gasteiger partial charge in [0.15, 0.2) is 22.5 Å². The molecule has 1 unspecified atom stereocenters. The Balaban J connectivity index is 1.67. The number of carbonyl (C=O) groups is 1. The monoisotopic (exact) mass is 554 g/mol. The van der Waals surface area contributed by atoms with Gasteiger partial charge in [0.2, 0.25) is 0 Å². The zero-order chi connectivity index (χ0) is 26.5. The summed E-state index contributed by atoms with van der Waals surface area (Å²) in [7, 11) is 2.81. The first kappa shape index (κ1) is 27.6. The molecule has 3 N–H and O–H groups in total. The summed E-state index contributed by atoms with van der Waals surface area (Å²) in [6, 6.07) is 1.51. The highest BCUT2D eigenvalue weighted by atomic mass is 35.5. The van der Waals surface area contributed by atoms with E-state index in [2.05, 4.69) is 20.6 Å². The molecule has 2 aromatic rings. The number of ether oxygens (including phenoxy) is 2. The number of carbonyl (C=O) groups excluding carboxylic acids is 1. The molecule has 1 aliphatic heterocycles. The summed E-state index contributed by atoms with van der Waals surface area (Å²) in [5, 5.41) is 18.6. The summed E-state index contributed by atoms with van der Waals surface area (Å²) < 4.78 is 38.4. The van der Waals surface area contributed by atoms with Gasteiger partial charge in [-0.1, -0.05) is 17.7 Å². The van der Waals surface area contributed by atoms with Crippen LogP contribution < -0.4 is 10.6 Å². The zero-order valence-corrected chi connectivity index (χ0v) is 22.0. The molecule has 1 saturated carbocycles. The van der Waals surface area contributed by atoms with Crippen molar-refractivity contribution in [3.05, 3.63) is 62.2 Å². The number of aliphatic imine (C=N–C) groups is 1. The normalized spacial score (nSPS) is 22.9. The van der Waals surface area contributed by atoms with Crippen molar-refractivity contribution in [2.24, 2.45) is 10.9 Å². The molecule has 0 bridgehead atoms. The van der Waals surface area contributed by atoms with E-state index in [0.29, 0.717) is 23.1 Å². The van der Waals surface area contributed by atoms with E-state index in [0.717, 1.165) is 31.7 Å². The number of allylic oxidation sites excluding steroid dienone is 1. The SMILES string of the molecule is COC[C@H](O)CNC1CCC(C2=C(C(=O)OC)C(c3ccc(F)c(F)c3Cl)N=C(c3nccs3)N2)CC1. The molecule has 4 rings (SSSR count). The number of aliphatic hydroxyl groups is 1. The van der Waals surface area contributed by atoms with Crippen LogP contribution in [0.1, 0.15) is 42.3 Å². The molecular formula is C25H29ClF2N4O4S. The highest BCUT2D eigenvalue weighted by Crippen LogP contribution is 2.41. The standard InChI is InChI=1S/C25H29ClF2N4O4S/c1-35-12-15(33)11-30-14-5-3-13(4-6-14)21-18(25(34)36-2)22(16-7-8-17(27)20(28)19(16)26)32-23(31-21)24-29-9-10-37-24/h7-10,13-15,22,30,33H,3-6,11-12H2,1-2H3,(H,31,32)/t13?,14?,15-,22?/m1/s1. The molecule has 37 heavy (non-hydrogen) atoms. The number of halogens is 3. The molecular weight excluding hydrogens is 526 g/mol. The summed E-state index contributed by atoms with van der Waals surface area (Å²) in [4.78, 5) is 22.1. The van der Waals surface area contributed by atoms with Gasteiger partial charge in [-0.25, -0.2) is 18.6 Å². The number of aliphatic hydroxyl groups excluding tert-OH is 1. The van der Waals surface area contributed by atoms with Gasteiger partial charge >= 0.3 is 5.97 Å². The molecule has 1 aromatic heterocycles. The van der Waals surface area contributed by atoms with Crippen LogP contribution in [0, 0.1) is 17.6 Å². The fraction of sp³-hybridized carbons (Fsp3) is 0.480. The van der Waals surface area contributed by atoms with Gasteiger partial charge in [-0.3, -0.25) is 4.99 Å². The van der Waals surface area contributed by atoms with Crippen LogP contribution in [0.3, 0.4) is 0 Å². The van der Waals surface area contributed by atoms with Crippen molar-refractivity contribution in [1.82, 2.24) is 15.6 Å². The first-order valence-corrected chi connectivity index (χ1v) is 13.2. The van der Waals surface area contributed by atoms with Gasteiger partial charge in [0, 0.05) is 42.5 Å². The summed E-state index contributed by atoms with van der Waals surface area (Å²) >= 11 is 7.58. The van der Waals surface area contributed by atoms with Gasteiger partial charge in [0.05, 0.1) is 30.4 Å². The van der Waals surface area contributed by atoms with E-state index >= 15 is 0 Å². The van der Waals surface area contributed by atoms with E-state index in [-0.39, 0.29) is 29.7 Å². The zero-order valence-electron chi connectivity index (χ0n) is 20.5. The smallest absolute Gasteiger partial charge is 0.338 e. The third kappa shape index (κ3) is 6.18. The van der Waals surface area contributed by atoms with Gasteiger partial charge < -0.3 is 25.2 Å². The van der Waals surface area contributed by atoms with Crippen molar-refractivity contribution < 1.29 is 28.2 Å². The molecule has 200 valence electrons. The number of nitrogens with zero attached hydrogens (tertiary/aromatic N) is 2. The molecule has 0 radical (unpaired) electrons. The number of aromatic nitrogens is 1. The lowest BCUT2D eigenvalue weighted by molar-refractivity contribution is -0.136. The number of hydrogen-bond donors (Lipinski definition) is 3.